The van der Waals surface area contributed by atoms with Gasteiger partial charge in [0, 0.05) is 19.3 Å². The molecule has 1 fully saturated rings. The molecule has 28 heavy (non-hydrogen) atoms. The van der Waals surface area contributed by atoms with Crippen LogP contribution in [-0.4, -0.2) is 44.2 Å². The average Bonchev–Trinajstić information content (AvgIpc) is 3.19. The summed E-state index contributed by atoms with van der Waals surface area (Å²) in [5.41, 5.74) is 2.19. The van der Waals surface area contributed by atoms with Crippen LogP contribution in [0.15, 0.2) is 48.5 Å². The van der Waals surface area contributed by atoms with Crippen molar-refractivity contribution in [2.24, 2.45) is 0 Å². The first-order valence-corrected chi connectivity index (χ1v) is 9.21. The fourth-order valence-electron chi connectivity index (χ4n) is 3.43. The zero-order valence-electron chi connectivity index (χ0n) is 16.1. The first-order chi connectivity index (χ1) is 13.6. The van der Waals surface area contributed by atoms with Gasteiger partial charge in [-0.15, -0.1) is 0 Å². The summed E-state index contributed by atoms with van der Waals surface area (Å²) in [6.07, 6.45) is 1.91. The molecule has 0 bridgehead atoms. The van der Waals surface area contributed by atoms with Gasteiger partial charge >= 0.3 is 6.03 Å². The highest BCUT2D eigenvalue weighted by molar-refractivity contribution is 5.95. The van der Waals surface area contributed by atoms with E-state index < -0.39 is 0 Å². The molecule has 1 aliphatic heterocycles. The number of benzene rings is 2. The molecule has 1 saturated heterocycles. The second-order valence-electron chi connectivity index (χ2n) is 6.59. The predicted molar refractivity (Wildman–Crippen MR) is 108 cm³/mol. The molecule has 7 nitrogen and oxygen atoms in total. The minimum absolute atomic E-state index is 0.0632. The Morgan fingerprint density at radius 2 is 1.89 bits per heavy atom. The number of methoxy groups -OCH3 is 2. The van der Waals surface area contributed by atoms with E-state index in [-0.39, 0.29) is 24.6 Å². The summed E-state index contributed by atoms with van der Waals surface area (Å²) in [5, 5.41) is 5.66. The number of amides is 3. The average molecular weight is 383 g/mol. The van der Waals surface area contributed by atoms with E-state index in [1.165, 1.54) is 14.2 Å². The molecule has 2 N–H and O–H groups in total. The molecule has 7 heteroatoms. The zero-order valence-corrected chi connectivity index (χ0v) is 16.1. The quantitative estimate of drug-likeness (QED) is 0.798. The van der Waals surface area contributed by atoms with Gasteiger partial charge in [0.05, 0.1) is 18.8 Å². The molecule has 0 saturated carbocycles. The van der Waals surface area contributed by atoms with Gasteiger partial charge in [-0.1, -0.05) is 30.3 Å². The summed E-state index contributed by atoms with van der Waals surface area (Å²) in [7, 11) is 2.97. The standard InChI is InChI=1S/C21H25N3O4/c1-27-14-20(25)23-17-13-16(10-11-19(17)28-2)22-21(26)24-12-6-9-18(24)15-7-4-3-5-8-15/h3-5,7-8,10-11,13,18H,6,9,12,14H2,1-2H3,(H,22,26)(H,23,25). The highest BCUT2D eigenvalue weighted by Crippen LogP contribution is 2.33. The highest BCUT2D eigenvalue weighted by atomic mass is 16.5. The summed E-state index contributed by atoms with van der Waals surface area (Å²) in [6, 6.07) is 15.1. The molecule has 0 aromatic heterocycles. The van der Waals surface area contributed by atoms with Gasteiger partial charge in [-0.2, -0.15) is 0 Å². The number of hydrogen-bond donors (Lipinski definition) is 2. The summed E-state index contributed by atoms with van der Waals surface area (Å²) in [4.78, 5) is 26.6. The maximum atomic E-state index is 12.9. The van der Waals surface area contributed by atoms with Crippen molar-refractivity contribution in [1.29, 1.82) is 0 Å². The van der Waals surface area contributed by atoms with E-state index >= 15 is 0 Å². The summed E-state index contributed by atoms with van der Waals surface area (Å²) < 4.78 is 10.1. The normalized spacial score (nSPS) is 15.9. The number of nitrogens with one attached hydrogen (secondary N) is 2. The topological polar surface area (TPSA) is 79.9 Å². The Hall–Kier alpha value is -3.06. The molecule has 0 aliphatic carbocycles. The van der Waals surface area contributed by atoms with Crippen molar-refractivity contribution >= 4 is 23.3 Å². The van der Waals surface area contributed by atoms with Crippen molar-refractivity contribution < 1.29 is 19.1 Å². The van der Waals surface area contributed by atoms with E-state index in [0.29, 0.717) is 23.7 Å². The van der Waals surface area contributed by atoms with E-state index in [2.05, 4.69) is 10.6 Å². The van der Waals surface area contributed by atoms with Gasteiger partial charge in [-0.25, -0.2) is 4.79 Å². The van der Waals surface area contributed by atoms with E-state index in [1.807, 2.05) is 35.2 Å². The van der Waals surface area contributed by atoms with Crippen LogP contribution in [0.2, 0.25) is 0 Å². The van der Waals surface area contributed by atoms with Crippen LogP contribution in [0.4, 0.5) is 16.2 Å². The largest absolute Gasteiger partial charge is 0.495 e. The molecule has 1 atom stereocenters. The van der Waals surface area contributed by atoms with Gasteiger partial charge in [-0.3, -0.25) is 4.79 Å². The maximum Gasteiger partial charge on any atom is 0.322 e. The fourth-order valence-corrected chi connectivity index (χ4v) is 3.43. The number of likely N-dealkylation sites (tertiary alicyclic amines) is 1. The Kier molecular flexibility index (Phi) is 6.49. The molecule has 3 amide bonds. The predicted octanol–water partition coefficient (Wildman–Crippen LogP) is 3.65. The van der Waals surface area contributed by atoms with Crippen molar-refractivity contribution in [1.82, 2.24) is 4.90 Å². The molecule has 3 rings (SSSR count). The number of nitrogens with zero attached hydrogens (tertiary/aromatic N) is 1. The second-order valence-corrected chi connectivity index (χ2v) is 6.59. The fraction of sp³-hybridized carbons (Fsp3) is 0.333. The lowest BCUT2D eigenvalue weighted by Crippen LogP contribution is -2.34. The van der Waals surface area contributed by atoms with Crippen LogP contribution in [0, 0.1) is 0 Å². The van der Waals surface area contributed by atoms with Crippen molar-refractivity contribution in [3.05, 3.63) is 54.1 Å². The number of ether oxygens (including phenoxy) is 2. The van der Waals surface area contributed by atoms with E-state index in [4.69, 9.17) is 9.47 Å². The highest BCUT2D eigenvalue weighted by Gasteiger charge is 2.30. The van der Waals surface area contributed by atoms with Gasteiger partial charge in [0.1, 0.15) is 12.4 Å². The van der Waals surface area contributed by atoms with Crippen molar-refractivity contribution in [3.8, 4) is 5.75 Å². The van der Waals surface area contributed by atoms with Crippen LogP contribution in [0.3, 0.4) is 0 Å². The Morgan fingerprint density at radius 1 is 1.11 bits per heavy atom. The van der Waals surface area contributed by atoms with Crippen LogP contribution in [0.25, 0.3) is 0 Å². The molecular formula is C21H25N3O4. The Labute approximate surface area is 164 Å². The van der Waals surface area contributed by atoms with Crippen molar-refractivity contribution in [3.63, 3.8) is 0 Å². The van der Waals surface area contributed by atoms with Gasteiger partial charge < -0.3 is 25.0 Å². The number of carbonyl (C=O) groups is 2. The third kappa shape index (κ3) is 4.61. The summed E-state index contributed by atoms with van der Waals surface area (Å²) in [6.45, 7) is 0.644. The van der Waals surface area contributed by atoms with Gasteiger partial charge in [0.2, 0.25) is 5.91 Å². The van der Waals surface area contributed by atoms with Crippen molar-refractivity contribution in [2.75, 3.05) is 38.0 Å². The van der Waals surface area contributed by atoms with Gasteiger partial charge in [0.15, 0.2) is 0 Å². The molecule has 1 heterocycles. The Balaban J connectivity index is 1.73. The SMILES string of the molecule is COCC(=O)Nc1cc(NC(=O)N2CCCC2c2ccccc2)ccc1OC. The smallest absolute Gasteiger partial charge is 0.322 e. The molecule has 2 aromatic carbocycles. The van der Waals surface area contributed by atoms with Gasteiger partial charge in [0.25, 0.3) is 0 Å². The molecule has 1 aliphatic rings. The molecule has 1 unspecified atom stereocenters. The molecule has 0 spiro atoms. The van der Waals surface area contributed by atoms with E-state index in [1.54, 1.807) is 18.2 Å². The first kappa shape index (κ1) is 19.7. The summed E-state index contributed by atoms with van der Waals surface area (Å²) in [5.74, 6) is 0.207. The lowest BCUT2D eigenvalue weighted by molar-refractivity contribution is -0.119. The van der Waals surface area contributed by atoms with Crippen LogP contribution in [0.5, 0.6) is 5.75 Å². The number of anilines is 2. The molecular weight excluding hydrogens is 358 g/mol. The molecule has 2 aromatic rings. The third-order valence-electron chi connectivity index (χ3n) is 4.70. The van der Waals surface area contributed by atoms with Gasteiger partial charge in [-0.05, 0) is 36.6 Å². The minimum atomic E-state index is -0.298. The Morgan fingerprint density at radius 3 is 2.61 bits per heavy atom. The molecule has 0 radical (unpaired) electrons. The van der Waals surface area contributed by atoms with Crippen molar-refractivity contribution in [2.45, 2.75) is 18.9 Å². The van der Waals surface area contributed by atoms with Crippen LogP contribution in [-0.2, 0) is 9.53 Å². The Bertz CT molecular complexity index is 826. The minimum Gasteiger partial charge on any atom is -0.495 e. The monoisotopic (exact) mass is 383 g/mol. The molecule has 148 valence electrons. The zero-order chi connectivity index (χ0) is 19.9. The lowest BCUT2D eigenvalue weighted by atomic mass is 10.1. The number of rotatable bonds is 6. The number of hydrogen-bond acceptors (Lipinski definition) is 4. The number of urea groups is 1. The lowest BCUT2D eigenvalue weighted by Gasteiger charge is -2.25. The van der Waals surface area contributed by atoms with E-state index in [0.717, 1.165) is 18.4 Å². The van der Waals surface area contributed by atoms with Crippen LogP contribution >= 0.6 is 0 Å². The first-order valence-electron chi connectivity index (χ1n) is 9.21. The maximum absolute atomic E-state index is 12.9. The number of carbonyl (C=O) groups excluding carboxylic acids is 2. The van der Waals surface area contributed by atoms with Crippen LogP contribution in [0.1, 0.15) is 24.4 Å². The van der Waals surface area contributed by atoms with E-state index in [9.17, 15) is 9.59 Å². The van der Waals surface area contributed by atoms with Crippen LogP contribution < -0.4 is 15.4 Å². The third-order valence-corrected chi connectivity index (χ3v) is 4.70. The second kappa shape index (κ2) is 9.23. The summed E-state index contributed by atoms with van der Waals surface area (Å²) >= 11 is 0.